The molecule has 1 aliphatic carbocycles. The number of alkyl halides is 1. The molecule has 2 heterocycles. The molecule has 2 atom stereocenters. The topological polar surface area (TPSA) is 46.4 Å². The molecule has 1 fully saturated rings. The van der Waals surface area contributed by atoms with Crippen LogP contribution in [-0.4, -0.2) is 21.5 Å². The zero-order valence-electron chi connectivity index (χ0n) is 13.0. The number of halogens is 2. The van der Waals surface area contributed by atoms with Crippen LogP contribution in [-0.2, 0) is 4.79 Å². The van der Waals surface area contributed by atoms with E-state index in [-0.39, 0.29) is 18.1 Å². The molecule has 2 aromatic heterocycles. The van der Waals surface area contributed by atoms with E-state index in [9.17, 15) is 13.6 Å². The lowest BCUT2D eigenvalue weighted by molar-refractivity contribution is -0.117. The van der Waals surface area contributed by atoms with E-state index in [1.807, 2.05) is 18.3 Å². The van der Waals surface area contributed by atoms with Gasteiger partial charge in [0.2, 0.25) is 5.91 Å². The van der Waals surface area contributed by atoms with Crippen molar-refractivity contribution in [2.75, 3.05) is 5.32 Å². The first-order chi connectivity index (χ1) is 11.5. The van der Waals surface area contributed by atoms with Crippen LogP contribution in [0.2, 0.25) is 0 Å². The van der Waals surface area contributed by atoms with E-state index in [1.165, 1.54) is 6.07 Å². The van der Waals surface area contributed by atoms with Gasteiger partial charge in [0.1, 0.15) is 17.6 Å². The number of carbonyl (C=O) groups excluding carboxylic acids is 1. The van der Waals surface area contributed by atoms with Crippen molar-refractivity contribution in [2.45, 2.75) is 19.5 Å². The van der Waals surface area contributed by atoms with Gasteiger partial charge in [-0.25, -0.2) is 13.8 Å². The Bertz CT molecular complexity index is 951. The average molecular weight is 327 g/mol. The number of pyridine rings is 1. The van der Waals surface area contributed by atoms with Gasteiger partial charge in [0.25, 0.3) is 0 Å². The summed E-state index contributed by atoms with van der Waals surface area (Å²) in [6, 6.07) is 8.61. The Hall–Kier alpha value is -2.76. The van der Waals surface area contributed by atoms with Crippen LogP contribution >= 0.6 is 0 Å². The van der Waals surface area contributed by atoms with E-state index in [1.54, 1.807) is 29.7 Å². The number of benzene rings is 1. The van der Waals surface area contributed by atoms with E-state index in [2.05, 4.69) is 10.3 Å². The number of hydrogen-bond donors (Lipinski definition) is 1. The van der Waals surface area contributed by atoms with Crippen molar-refractivity contribution in [3.8, 4) is 11.1 Å². The molecule has 0 aliphatic heterocycles. The molecule has 1 aromatic carbocycles. The van der Waals surface area contributed by atoms with Gasteiger partial charge in [-0.15, -0.1) is 0 Å². The lowest BCUT2D eigenvalue weighted by atomic mass is 10.0. The van der Waals surface area contributed by atoms with Gasteiger partial charge in [-0.2, -0.15) is 0 Å². The molecule has 0 saturated heterocycles. The van der Waals surface area contributed by atoms with Crippen LogP contribution in [0.1, 0.15) is 12.0 Å². The van der Waals surface area contributed by atoms with E-state index in [0.717, 1.165) is 11.1 Å². The molecule has 24 heavy (non-hydrogen) atoms. The molecule has 0 unspecified atom stereocenters. The van der Waals surface area contributed by atoms with Crippen molar-refractivity contribution in [3.63, 3.8) is 0 Å². The van der Waals surface area contributed by atoms with Crippen LogP contribution < -0.4 is 5.32 Å². The first kappa shape index (κ1) is 14.8. The van der Waals surface area contributed by atoms with Crippen molar-refractivity contribution < 1.29 is 13.6 Å². The number of nitrogens with one attached hydrogen (secondary N) is 1. The van der Waals surface area contributed by atoms with Gasteiger partial charge in [0, 0.05) is 6.20 Å². The summed E-state index contributed by atoms with van der Waals surface area (Å²) in [6.45, 7) is 1.73. The maximum Gasteiger partial charge on any atom is 0.231 e. The summed E-state index contributed by atoms with van der Waals surface area (Å²) in [5.41, 5.74) is 2.87. The lowest BCUT2D eigenvalue weighted by Crippen LogP contribution is -2.15. The molecule has 4 nitrogen and oxygen atoms in total. The number of nitrogens with zero attached hydrogens (tertiary/aromatic N) is 2. The van der Waals surface area contributed by atoms with Crippen LogP contribution in [0.5, 0.6) is 0 Å². The Morgan fingerprint density at radius 3 is 2.83 bits per heavy atom. The van der Waals surface area contributed by atoms with Crippen molar-refractivity contribution in [1.29, 1.82) is 0 Å². The highest BCUT2D eigenvalue weighted by atomic mass is 19.1. The van der Waals surface area contributed by atoms with Crippen LogP contribution in [0, 0.1) is 18.7 Å². The van der Waals surface area contributed by atoms with Crippen LogP contribution in [0.25, 0.3) is 16.8 Å². The van der Waals surface area contributed by atoms with Crippen molar-refractivity contribution in [2.24, 2.45) is 5.92 Å². The average Bonchev–Trinajstić information content (AvgIpc) is 3.15. The fourth-order valence-electron chi connectivity index (χ4n) is 2.79. The number of anilines is 1. The first-order valence-corrected chi connectivity index (χ1v) is 7.72. The third-order valence-electron chi connectivity index (χ3n) is 4.33. The first-order valence-electron chi connectivity index (χ1n) is 7.72. The van der Waals surface area contributed by atoms with Gasteiger partial charge in [-0.3, -0.25) is 4.79 Å². The van der Waals surface area contributed by atoms with E-state index in [4.69, 9.17) is 0 Å². The molecule has 3 aromatic rings. The zero-order valence-corrected chi connectivity index (χ0v) is 13.0. The van der Waals surface area contributed by atoms with Crippen molar-refractivity contribution in [3.05, 3.63) is 54.1 Å². The second kappa shape index (κ2) is 5.40. The number of aromatic nitrogens is 2. The number of amides is 1. The van der Waals surface area contributed by atoms with Crippen molar-refractivity contribution in [1.82, 2.24) is 9.38 Å². The molecular weight excluding hydrogens is 312 g/mol. The minimum atomic E-state index is -1.04. The summed E-state index contributed by atoms with van der Waals surface area (Å²) in [5.74, 6) is -0.768. The maximum absolute atomic E-state index is 13.7. The van der Waals surface area contributed by atoms with Crippen molar-refractivity contribution >= 4 is 17.4 Å². The lowest BCUT2D eigenvalue weighted by Gasteiger charge is -2.07. The van der Waals surface area contributed by atoms with E-state index < -0.39 is 12.1 Å². The van der Waals surface area contributed by atoms with Gasteiger partial charge in [0.15, 0.2) is 5.82 Å². The Morgan fingerprint density at radius 1 is 1.29 bits per heavy atom. The molecule has 1 saturated carbocycles. The Balaban J connectivity index is 1.66. The Morgan fingerprint density at radius 2 is 2.08 bits per heavy atom. The summed E-state index contributed by atoms with van der Waals surface area (Å²) in [7, 11) is 0. The summed E-state index contributed by atoms with van der Waals surface area (Å²) in [4.78, 5) is 16.1. The molecule has 1 amide bonds. The number of carbonyl (C=O) groups is 1. The Labute approximate surface area is 137 Å². The second-order valence-corrected chi connectivity index (χ2v) is 6.07. The molecular formula is C18H15F2N3O. The van der Waals surface area contributed by atoms with Crippen LogP contribution in [0.15, 0.2) is 42.7 Å². The second-order valence-electron chi connectivity index (χ2n) is 6.07. The number of hydrogen-bond acceptors (Lipinski definition) is 2. The molecule has 0 spiro atoms. The van der Waals surface area contributed by atoms with Gasteiger partial charge in [0.05, 0.1) is 12.1 Å². The smallest absolute Gasteiger partial charge is 0.231 e. The molecule has 0 radical (unpaired) electrons. The highest BCUT2D eigenvalue weighted by Gasteiger charge is 2.43. The summed E-state index contributed by atoms with van der Waals surface area (Å²) in [5, 5.41) is 2.63. The largest absolute Gasteiger partial charge is 0.309 e. The van der Waals surface area contributed by atoms with E-state index >= 15 is 0 Å². The SMILES string of the molecule is Cc1c(F)cccc1-c1ccc2nc(NC(=O)[C@@H]3C[C@H]3F)cn2c1. The van der Waals surface area contributed by atoms with Gasteiger partial charge < -0.3 is 9.72 Å². The summed E-state index contributed by atoms with van der Waals surface area (Å²) >= 11 is 0. The summed E-state index contributed by atoms with van der Waals surface area (Å²) < 4.78 is 28.4. The Kier molecular flexibility index (Phi) is 3.33. The minimum Gasteiger partial charge on any atom is -0.309 e. The van der Waals surface area contributed by atoms with E-state index in [0.29, 0.717) is 17.0 Å². The fraction of sp³-hybridized carbons (Fsp3) is 0.222. The quantitative estimate of drug-likeness (QED) is 0.796. The maximum atomic E-state index is 13.7. The molecule has 6 heteroatoms. The van der Waals surface area contributed by atoms with Gasteiger partial charge in [-0.1, -0.05) is 12.1 Å². The van der Waals surface area contributed by atoms with Crippen LogP contribution in [0.4, 0.5) is 14.6 Å². The minimum absolute atomic E-state index is 0.253. The third-order valence-corrected chi connectivity index (χ3v) is 4.33. The normalized spacial score (nSPS) is 19.5. The molecule has 122 valence electrons. The molecule has 1 N–H and O–H groups in total. The highest BCUT2D eigenvalue weighted by Crippen LogP contribution is 2.34. The predicted molar refractivity (Wildman–Crippen MR) is 87.0 cm³/mol. The number of imidazole rings is 1. The molecule has 1 aliphatic rings. The summed E-state index contributed by atoms with van der Waals surface area (Å²) in [6.07, 6.45) is 2.74. The number of rotatable bonds is 3. The zero-order chi connectivity index (χ0) is 16.8. The molecule has 0 bridgehead atoms. The number of fused-ring (bicyclic) bond motifs is 1. The standard InChI is InChI=1S/C18H15F2N3O/c1-10-12(3-2-4-14(10)19)11-5-6-17-21-16(9-23(17)8-11)22-18(24)13-7-15(13)20/h2-6,8-9,13,15H,7H2,1H3,(H,22,24)/t13-,15-/m1/s1. The van der Waals surface area contributed by atoms with Crippen LogP contribution in [0.3, 0.4) is 0 Å². The third kappa shape index (κ3) is 2.54. The highest BCUT2D eigenvalue weighted by molar-refractivity contribution is 5.94. The monoisotopic (exact) mass is 327 g/mol. The fourth-order valence-corrected chi connectivity index (χ4v) is 2.79. The van der Waals surface area contributed by atoms with Gasteiger partial charge >= 0.3 is 0 Å². The predicted octanol–water partition coefficient (Wildman–Crippen LogP) is 3.75. The van der Waals surface area contributed by atoms with Gasteiger partial charge in [-0.05, 0) is 48.2 Å². The molecule has 4 rings (SSSR count).